The van der Waals surface area contributed by atoms with E-state index in [1.165, 1.54) is 18.4 Å². The number of allylic oxidation sites excluding steroid dienone is 1. The molecule has 1 saturated heterocycles. The Hall–Kier alpha value is -1.40. The van der Waals surface area contributed by atoms with Gasteiger partial charge in [-0.25, -0.2) is 0 Å². The van der Waals surface area contributed by atoms with Gasteiger partial charge in [-0.1, -0.05) is 11.6 Å². The first kappa shape index (κ1) is 18.9. The van der Waals surface area contributed by atoms with Crippen LogP contribution in [0.1, 0.15) is 38.5 Å². The summed E-state index contributed by atoms with van der Waals surface area (Å²) in [5, 5.41) is 2.90. The normalized spacial score (nSPS) is 19.0. The Morgan fingerprint density at radius 2 is 2.00 bits per heavy atom. The summed E-state index contributed by atoms with van der Waals surface area (Å²) in [6.45, 7) is 4.73. The van der Waals surface area contributed by atoms with Crippen molar-refractivity contribution in [2.75, 3.05) is 53.0 Å². The van der Waals surface area contributed by atoms with Crippen LogP contribution < -0.4 is 5.32 Å². The molecule has 0 spiro atoms. The molecule has 0 aromatic heterocycles. The third kappa shape index (κ3) is 6.61. The molecule has 6 nitrogen and oxygen atoms in total. The van der Waals surface area contributed by atoms with Crippen LogP contribution in [0.15, 0.2) is 11.6 Å². The first-order valence-corrected chi connectivity index (χ1v) is 9.12. The second-order valence-corrected chi connectivity index (χ2v) is 6.64. The number of nitrogens with one attached hydrogen (secondary N) is 1. The van der Waals surface area contributed by atoms with Crippen LogP contribution in [-0.4, -0.2) is 74.6 Å². The summed E-state index contributed by atoms with van der Waals surface area (Å²) in [6, 6.07) is 0. The minimum atomic E-state index is 0.0539. The zero-order valence-corrected chi connectivity index (χ0v) is 14.9. The lowest BCUT2D eigenvalue weighted by atomic mass is 9.97. The van der Waals surface area contributed by atoms with E-state index in [0.29, 0.717) is 26.1 Å². The van der Waals surface area contributed by atoms with Gasteiger partial charge in [-0.15, -0.1) is 0 Å². The number of carbonyl (C=O) groups excluding carboxylic acids is 2. The van der Waals surface area contributed by atoms with Crippen molar-refractivity contribution in [2.45, 2.75) is 38.5 Å². The molecule has 0 aromatic carbocycles. The van der Waals surface area contributed by atoms with Gasteiger partial charge >= 0.3 is 0 Å². The third-order valence-corrected chi connectivity index (χ3v) is 4.70. The lowest BCUT2D eigenvalue weighted by Crippen LogP contribution is -2.51. The number of hydrogen-bond donors (Lipinski definition) is 1. The predicted octanol–water partition coefficient (Wildman–Crippen LogP) is 1.17. The van der Waals surface area contributed by atoms with Gasteiger partial charge in [0.25, 0.3) is 0 Å². The van der Waals surface area contributed by atoms with Gasteiger partial charge in [0.15, 0.2) is 0 Å². The second kappa shape index (κ2) is 10.5. The molecule has 6 heteroatoms. The summed E-state index contributed by atoms with van der Waals surface area (Å²) in [5.74, 6) is 0.296. The van der Waals surface area contributed by atoms with E-state index >= 15 is 0 Å². The highest BCUT2D eigenvalue weighted by molar-refractivity contribution is 5.79. The van der Waals surface area contributed by atoms with Crippen molar-refractivity contribution in [3.63, 3.8) is 0 Å². The summed E-state index contributed by atoms with van der Waals surface area (Å²) in [5.41, 5.74) is 1.31. The Kier molecular flexibility index (Phi) is 8.25. The van der Waals surface area contributed by atoms with Crippen LogP contribution in [0.4, 0.5) is 0 Å². The van der Waals surface area contributed by atoms with Crippen LogP contribution in [0.5, 0.6) is 0 Å². The van der Waals surface area contributed by atoms with E-state index in [9.17, 15) is 9.59 Å². The highest BCUT2D eigenvalue weighted by Crippen LogP contribution is 2.21. The predicted molar refractivity (Wildman–Crippen MR) is 93.7 cm³/mol. The molecule has 0 aromatic rings. The Morgan fingerprint density at radius 3 is 2.67 bits per heavy atom. The second-order valence-electron chi connectivity index (χ2n) is 6.64. The Morgan fingerprint density at radius 1 is 1.21 bits per heavy atom. The van der Waals surface area contributed by atoms with Crippen molar-refractivity contribution in [2.24, 2.45) is 0 Å². The van der Waals surface area contributed by atoms with Crippen LogP contribution in [-0.2, 0) is 14.3 Å². The fourth-order valence-corrected chi connectivity index (χ4v) is 3.23. The SMILES string of the molecule is COCCCNC(=O)CN1CCN(C(=O)CC2=CCCCC2)CC1. The van der Waals surface area contributed by atoms with Crippen LogP contribution in [0, 0.1) is 0 Å². The minimum absolute atomic E-state index is 0.0539. The van der Waals surface area contributed by atoms with E-state index < -0.39 is 0 Å². The average Bonchev–Trinajstić information content (AvgIpc) is 2.60. The molecule has 1 fully saturated rings. The van der Waals surface area contributed by atoms with E-state index in [2.05, 4.69) is 16.3 Å². The molecule has 1 aliphatic heterocycles. The Labute approximate surface area is 145 Å². The number of methoxy groups -OCH3 is 1. The van der Waals surface area contributed by atoms with E-state index in [1.54, 1.807) is 7.11 Å². The van der Waals surface area contributed by atoms with Crippen molar-refractivity contribution in [1.29, 1.82) is 0 Å². The third-order valence-electron chi connectivity index (χ3n) is 4.70. The van der Waals surface area contributed by atoms with Crippen molar-refractivity contribution in [3.8, 4) is 0 Å². The maximum absolute atomic E-state index is 12.4. The quantitative estimate of drug-likeness (QED) is 0.534. The van der Waals surface area contributed by atoms with Gasteiger partial charge in [-0.3, -0.25) is 14.5 Å². The topological polar surface area (TPSA) is 61.9 Å². The minimum Gasteiger partial charge on any atom is -0.385 e. The fraction of sp³-hybridized carbons (Fsp3) is 0.778. The van der Waals surface area contributed by atoms with Crippen LogP contribution >= 0.6 is 0 Å². The average molecular weight is 337 g/mol. The molecule has 0 saturated carbocycles. The number of carbonyl (C=O) groups is 2. The maximum Gasteiger partial charge on any atom is 0.234 e. The summed E-state index contributed by atoms with van der Waals surface area (Å²) in [7, 11) is 1.66. The molecule has 1 N–H and O–H groups in total. The van der Waals surface area contributed by atoms with Gasteiger partial charge in [-0.2, -0.15) is 0 Å². The molecule has 0 unspecified atom stereocenters. The van der Waals surface area contributed by atoms with Crippen LogP contribution in [0.2, 0.25) is 0 Å². The fourth-order valence-electron chi connectivity index (χ4n) is 3.23. The van der Waals surface area contributed by atoms with E-state index in [0.717, 1.165) is 45.4 Å². The number of amides is 2. The highest BCUT2D eigenvalue weighted by atomic mass is 16.5. The molecule has 2 rings (SSSR count). The van der Waals surface area contributed by atoms with Gasteiger partial charge in [-0.05, 0) is 32.1 Å². The molecule has 0 radical (unpaired) electrons. The van der Waals surface area contributed by atoms with Gasteiger partial charge < -0.3 is 15.0 Å². The molecular formula is C18H31N3O3. The van der Waals surface area contributed by atoms with Crippen molar-refractivity contribution < 1.29 is 14.3 Å². The molecule has 1 heterocycles. The first-order chi connectivity index (χ1) is 11.7. The monoisotopic (exact) mass is 337 g/mol. The summed E-state index contributed by atoms with van der Waals surface area (Å²) < 4.78 is 4.96. The van der Waals surface area contributed by atoms with Crippen molar-refractivity contribution >= 4 is 11.8 Å². The number of piperazine rings is 1. The first-order valence-electron chi connectivity index (χ1n) is 9.12. The largest absolute Gasteiger partial charge is 0.385 e. The molecule has 1 aliphatic carbocycles. The molecule has 24 heavy (non-hydrogen) atoms. The lowest BCUT2D eigenvalue weighted by molar-refractivity contribution is -0.132. The number of rotatable bonds is 8. The van der Waals surface area contributed by atoms with Gasteiger partial charge in [0.05, 0.1) is 6.54 Å². The standard InChI is InChI=1S/C18H31N3O3/c1-24-13-5-8-19-17(22)15-20-9-11-21(12-10-20)18(23)14-16-6-3-2-4-7-16/h6H,2-5,7-15H2,1H3,(H,19,22). The zero-order valence-electron chi connectivity index (χ0n) is 14.9. The molecule has 0 bridgehead atoms. The lowest BCUT2D eigenvalue weighted by Gasteiger charge is -2.34. The number of hydrogen-bond acceptors (Lipinski definition) is 4. The number of nitrogens with zero attached hydrogens (tertiary/aromatic N) is 2. The van der Waals surface area contributed by atoms with E-state index in [1.807, 2.05) is 4.90 Å². The van der Waals surface area contributed by atoms with Gasteiger partial charge in [0.2, 0.25) is 11.8 Å². The molecule has 136 valence electrons. The van der Waals surface area contributed by atoms with E-state index in [4.69, 9.17) is 4.74 Å². The maximum atomic E-state index is 12.4. The Balaban J connectivity index is 1.62. The van der Waals surface area contributed by atoms with Crippen LogP contribution in [0.3, 0.4) is 0 Å². The molecule has 2 amide bonds. The molecular weight excluding hydrogens is 306 g/mol. The molecule has 2 aliphatic rings. The van der Waals surface area contributed by atoms with Gasteiger partial charge in [0.1, 0.15) is 0 Å². The number of ether oxygens (including phenoxy) is 1. The van der Waals surface area contributed by atoms with Crippen molar-refractivity contribution in [1.82, 2.24) is 15.1 Å². The molecule has 0 atom stereocenters. The highest BCUT2D eigenvalue weighted by Gasteiger charge is 2.23. The van der Waals surface area contributed by atoms with Crippen LogP contribution in [0.25, 0.3) is 0 Å². The smallest absolute Gasteiger partial charge is 0.234 e. The van der Waals surface area contributed by atoms with Crippen molar-refractivity contribution in [3.05, 3.63) is 11.6 Å². The summed E-state index contributed by atoms with van der Waals surface area (Å²) >= 11 is 0. The Bertz CT molecular complexity index is 443. The summed E-state index contributed by atoms with van der Waals surface area (Å²) in [6.07, 6.45) is 8.33. The summed E-state index contributed by atoms with van der Waals surface area (Å²) in [4.78, 5) is 28.3. The van der Waals surface area contributed by atoms with E-state index in [-0.39, 0.29) is 11.8 Å². The zero-order chi connectivity index (χ0) is 17.2. The van der Waals surface area contributed by atoms with Gasteiger partial charge in [0, 0.05) is 52.9 Å².